The van der Waals surface area contributed by atoms with Crippen LogP contribution in [0.3, 0.4) is 0 Å². The van der Waals surface area contributed by atoms with Crippen LogP contribution in [-0.2, 0) is 13.1 Å². The van der Waals surface area contributed by atoms with Gasteiger partial charge in [-0.2, -0.15) is 0 Å². The number of hydrogen-bond acceptors (Lipinski definition) is 2. The molecule has 0 amide bonds. The van der Waals surface area contributed by atoms with Crippen molar-refractivity contribution < 1.29 is 0 Å². The molecule has 0 aliphatic rings. The predicted octanol–water partition coefficient (Wildman–Crippen LogP) is 3.72. The first-order valence-corrected chi connectivity index (χ1v) is 9.02. The van der Waals surface area contributed by atoms with E-state index in [0.29, 0.717) is 24.2 Å². The third kappa shape index (κ3) is 5.65. The molecule has 0 spiro atoms. The molecule has 0 bridgehead atoms. The Morgan fingerprint density at radius 1 is 0.696 bits per heavy atom. The Kier molecular flexibility index (Phi) is 7.83. The quantitative estimate of drug-likeness (QED) is 0.675. The molecule has 1 aromatic rings. The van der Waals surface area contributed by atoms with Gasteiger partial charge in [0.2, 0.25) is 0 Å². The Hall–Kier alpha value is -0.795. The van der Waals surface area contributed by atoms with E-state index in [1.54, 1.807) is 0 Å². The maximum absolute atomic E-state index is 6.53. The molecule has 0 saturated heterocycles. The second-order valence-electron chi connectivity index (χ2n) is 7.71. The van der Waals surface area contributed by atoms with Gasteiger partial charge >= 0.3 is 0 Å². The monoisotopic (exact) mass is 314 g/mol. The highest BCUT2D eigenvalue weighted by Crippen LogP contribution is 2.15. The highest BCUT2D eigenvalue weighted by Gasteiger charge is 2.18. The molecule has 0 atom stereocenters. The average Bonchev–Trinajstić information content (AvgIpc) is 2.43. The summed E-state index contributed by atoms with van der Waals surface area (Å²) in [4.78, 5) is 4.97. The normalized spacial score (nSPS) is 12.6. The van der Waals surface area contributed by atoms with Crippen LogP contribution in [0.4, 0.5) is 0 Å². The highest BCUT2D eigenvalue weighted by atomic mass is 15.2. The van der Waals surface area contributed by atoms with Crippen molar-refractivity contribution in [1.82, 2.24) is 9.80 Å². The molecular formula is C20H35BN2. The van der Waals surface area contributed by atoms with Crippen LogP contribution in [0.25, 0.3) is 0 Å². The van der Waals surface area contributed by atoms with E-state index in [4.69, 9.17) is 7.85 Å². The highest BCUT2D eigenvalue weighted by molar-refractivity contribution is 6.34. The fourth-order valence-electron chi connectivity index (χ4n) is 3.26. The van der Waals surface area contributed by atoms with Crippen molar-refractivity contribution >= 4 is 13.3 Å². The van der Waals surface area contributed by atoms with Gasteiger partial charge in [0.05, 0.1) is 0 Å². The SMILES string of the molecule is [B]c1c(CN(C(C)C)C(C)C)cccc1CN(C(C)C)C(C)C. The van der Waals surface area contributed by atoms with E-state index in [9.17, 15) is 0 Å². The summed E-state index contributed by atoms with van der Waals surface area (Å²) in [6, 6.07) is 8.55. The minimum atomic E-state index is 0.515. The van der Waals surface area contributed by atoms with Crippen LogP contribution in [0.1, 0.15) is 66.5 Å². The Morgan fingerprint density at radius 2 is 1.00 bits per heavy atom. The molecule has 2 radical (unpaired) electrons. The van der Waals surface area contributed by atoms with Gasteiger partial charge in [0.25, 0.3) is 0 Å². The zero-order chi connectivity index (χ0) is 17.7. The van der Waals surface area contributed by atoms with Crippen molar-refractivity contribution in [3.63, 3.8) is 0 Å². The van der Waals surface area contributed by atoms with E-state index >= 15 is 0 Å². The third-order valence-electron chi connectivity index (χ3n) is 4.65. The molecule has 1 aromatic carbocycles. The van der Waals surface area contributed by atoms with Crippen molar-refractivity contribution in [3.8, 4) is 0 Å². The fraction of sp³-hybridized carbons (Fsp3) is 0.700. The van der Waals surface area contributed by atoms with Crippen LogP contribution in [0, 0.1) is 0 Å². The Labute approximate surface area is 145 Å². The Bertz CT molecular complexity index is 424. The summed E-state index contributed by atoms with van der Waals surface area (Å²) in [5, 5.41) is 0. The Balaban J connectivity index is 3.02. The summed E-state index contributed by atoms with van der Waals surface area (Å²) in [6.45, 7) is 19.8. The number of rotatable bonds is 8. The van der Waals surface area contributed by atoms with Gasteiger partial charge < -0.3 is 0 Å². The molecule has 0 aliphatic heterocycles. The maximum atomic E-state index is 6.53. The lowest BCUT2D eigenvalue weighted by Gasteiger charge is -2.33. The first kappa shape index (κ1) is 20.2. The molecule has 128 valence electrons. The first-order valence-electron chi connectivity index (χ1n) is 9.02. The summed E-state index contributed by atoms with van der Waals surface area (Å²) >= 11 is 0. The lowest BCUT2D eigenvalue weighted by Crippen LogP contribution is -2.40. The van der Waals surface area contributed by atoms with Crippen LogP contribution < -0.4 is 5.46 Å². The third-order valence-corrected chi connectivity index (χ3v) is 4.65. The zero-order valence-electron chi connectivity index (χ0n) is 16.4. The van der Waals surface area contributed by atoms with Gasteiger partial charge in [0.1, 0.15) is 7.85 Å². The molecule has 2 nitrogen and oxygen atoms in total. The zero-order valence-corrected chi connectivity index (χ0v) is 16.4. The second-order valence-corrected chi connectivity index (χ2v) is 7.71. The molecule has 23 heavy (non-hydrogen) atoms. The molecule has 3 heteroatoms. The van der Waals surface area contributed by atoms with Crippen molar-refractivity contribution in [2.24, 2.45) is 0 Å². The van der Waals surface area contributed by atoms with Gasteiger partial charge in [-0.15, -0.1) is 0 Å². The van der Waals surface area contributed by atoms with E-state index in [1.807, 2.05) is 0 Å². The molecule has 0 fully saturated rings. The van der Waals surface area contributed by atoms with Gasteiger partial charge in [-0.1, -0.05) is 23.7 Å². The molecule has 0 unspecified atom stereocenters. The van der Waals surface area contributed by atoms with Crippen LogP contribution >= 0.6 is 0 Å². The molecule has 0 N–H and O–H groups in total. The van der Waals surface area contributed by atoms with Gasteiger partial charge in [-0.25, -0.2) is 0 Å². The number of benzene rings is 1. The molecular weight excluding hydrogens is 279 g/mol. The van der Waals surface area contributed by atoms with Crippen molar-refractivity contribution in [1.29, 1.82) is 0 Å². The Morgan fingerprint density at radius 3 is 1.26 bits per heavy atom. The van der Waals surface area contributed by atoms with E-state index in [2.05, 4.69) is 83.4 Å². The molecule has 0 aromatic heterocycles. The largest absolute Gasteiger partial charge is 0.294 e. The number of nitrogens with zero attached hydrogens (tertiary/aromatic N) is 2. The smallest absolute Gasteiger partial charge is 0.114 e. The van der Waals surface area contributed by atoms with E-state index in [1.165, 1.54) is 11.1 Å². The average molecular weight is 314 g/mol. The lowest BCUT2D eigenvalue weighted by atomic mass is 9.84. The van der Waals surface area contributed by atoms with Crippen LogP contribution in [-0.4, -0.2) is 41.8 Å². The molecule has 0 saturated carbocycles. The standard InChI is InChI=1S/C20H35BN2/c1-14(2)22(15(3)4)12-18-10-9-11-19(20(18)21)13-23(16(5)6)17(7)8/h9-11,14-17H,12-13H2,1-8H3. The second kappa shape index (κ2) is 8.89. The van der Waals surface area contributed by atoms with Crippen LogP contribution in [0.2, 0.25) is 0 Å². The lowest BCUT2D eigenvalue weighted by molar-refractivity contribution is 0.164. The summed E-state index contributed by atoms with van der Waals surface area (Å²) in [5.41, 5.74) is 3.46. The van der Waals surface area contributed by atoms with E-state index in [0.717, 1.165) is 18.6 Å². The predicted molar refractivity (Wildman–Crippen MR) is 103 cm³/mol. The van der Waals surface area contributed by atoms with E-state index in [-0.39, 0.29) is 0 Å². The molecule has 1 rings (SSSR count). The topological polar surface area (TPSA) is 6.48 Å². The summed E-state index contributed by atoms with van der Waals surface area (Å²) in [7, 11) is 6.53. The van der Waals surface area contributed by atoms with E-state index < -0.39 is 0 Å². The van der Waals surface area contributed by atoms with Gasteiger partial charge in [-0.3, -0.25) is 9.80 Å². The molecule has 0 heterocycles. The minimum Gasteiger partial charge on any atom is -0.294 e. The number of hydrogen-bond donors (Lipinski definition) is 0. The molecule has 0 aliphatic carbocycles. The minimum absolute atomic E-state index is 0.515. The maximum Gasteiger partial charge on any atom is 0.114 e. The van der Waals surface area contributed by atoms with Crippen LogP contribution in [0.5, 0.6) is 0 Å². The first-order chi connectivity index (χ1) is 10.6. The summed E-state index contributed by atoms with van der Waals surface area (Å²) in [5.74, 6) is 0. The van der Waals surface area contributed by atoms with Crippen molar-refractivity contribution in [3.05, 3.63) is 29.3 Å². The van der Waals surface area contributed by atoms with Gasteiger partial charge in [0, 0.05) is 37.3 Å². The van der Waals surface area contributed by atoms with Crippen molar-refractivity contribution in [2.45, 2.75) is 92.6 Å². The fourth-order valence-corrected chi connectivity index (χ4v) is 3.26. The summed E-state index contributed by atoms with van der Waals surface area (Å²) in [6.07, 6.45) is 0. The van der Waals surface area contributed by atoms with Crippen LogP contribution in [0.15, 0.2) is 18.2 Å². The van der Waals surface area contributed by atoms with Gasteiger partial charge in [-0.05, 0) is 66.5 Å². The van der Waals surface area contributed by atoms with Gasteiger partial charge in [0.15, 0.2) is 0 Å². The summed E-state index contributed by atoms with van der Waals surface area (Å²) < 4.78 is 0. The van der Waals surface area contributed by atoms with Crippen molar-refractivity contribution in [2.75, 3.05) is 0 Å².